The molecule has 0 aliphatic heterocycles. The summed E-state index contributed by atoms with van der Waals surface area (Å²) in [7, 11) is -2.76. The van der Waals surface area contributed by atoms with Gasteiger partial charge < -0.3 is 9.30 Å². The molecule has 0 heterocycles. The first-order valence-electron chi connectivity index (χ1n) is 8.15. The molecule has 0 radical (unpaired) electrons. The number of hydrogen-bond acceptors (Lipinski definition) is 3. The van der Waals surface area contributed by atoms with Crippen LogP contribution in [-0.4, -0.2) is 12.6 Å². The topological polar surface area (TPSA) is 43.4 Å². The summed E-state index contributed by atoms with van der Waals surface area (Å²) in [6, 6.07) is 19.2. The molecule has 0 unspecified atom stereocenters. The van der Waals surface area contributed by atoms with E-state index in [1.807, 2.05) is 72.6 Å². The molecule has 24 heavy (non-hydrogen) atoms. The van der Waals surface area contributed by atoms with E-state index >= 15 is 0 Å². The van der Waals surface area contributed by atoms with Crippen molar-refractivity contribution in [3.8, 4) is 0 Å². The predicted molar refractivity (Wildman–Crippen MR) is 99.4 cm³/mol. The molecule has 0 aliphatic rings. The van der Waals surface area contributed by atoms with Gasteiger partial charge >= 0.3 is 5.97 Å². The zero-order valence-electron chi connectivity index (χ0n) is 13.9. The van der Waals surface area contributed by atoms with Crippen LogP contribution in [0, 0.1) is 0 Å². The predicted octanol–water partition coefficient (Wildman–Crippen LogP) is 4.25. The van der Waals surface area contributed by atoms with Crippen LogP contribution in [0.2, 0.25) is 0 Å². The first-order valence-corrected chi connectivity index (χ1v) is 9.92. The molecular weight excluding hydrogens is 319 g/mol. The van der Waals surface area contributed by atoms with E-state index < -0.39 is 7.14 Å². The van der Waals surface area contributed by atoms with Gasteiger partial charge in [0.25, 0.3) is 0 Å². The second-order valence-corrected chi connectivity index (χ2v) is 8.20. The van der Waals surface area contributed by atoms with E-state index in [1.165, 1.54) is 6.92 Å². The van der Waals surface area contributed by atoms with E-state index in [-0.39, 0.29) is 5.97 Å². The Balaban J connectivity index is 2.07. The van der Waals surface area contributed by atoms with Crippen LogP contribution in [-0.2, 0) is 14.1 Å². The highest BCUT2D eigenvalue weighted by molar-refractivity contribution is 7.81. The third-order valence-electron chi connectivity index (χ3n) is 3.67. The first kappa shape index (κ1) is 18.2. The largest absolute Gasteiger partial charge is 0.466 e. The van der Waals surface area contributed by atoms with E-state index in [9.17, 15) is 9.36 Å². The molecule has 4 heteroatoms. The van der Waals surface area contributed by atoms with Crippen LogP contribution in [0.3, 0.4) is 0 Å². The molecule has 0 saturated heterocycles. The van der Waals surface area contributed by atoms with Crippen LogP contribution in [0.4, 0.5) is 0 Å². The molecule has 2 aromatic rings. The van der Waals surface area contributed by atoms with Crippen LogP contribution in [0.1, 0.15) is 26.2 Å². The number of carbonyl (C=O) groups is 1. The minimum atomic E-state index is -2.76. The second-order valence-electron chi connectivity index (χ2n) is 5.55. The Bertz CT molecular complexity index is 665. The quantitative estimate of drug-likeness (QED) is 0.409. The number of unbranched alkanes of at least 4 members (excludes halogenated alkanes) is 2. The minimum Gasteiger partial charge on any atom is -0.466 e. The van der Waals surface area contributed by atoms with Gasteiger partial charge in [0.2, 0.25) is 0 Å². The van der Waals surface area contributed by atoms with Crippen molar-refractivity contribution in [3.63, 3.8) is 0 Å². The summed E-state index contributed by atoms with van der Waals surface area (Å²) in [5.41, 5.74) is 0. The standard InChI is InChI=1S/C20H23O3P/c1-18(21)23-16-10-2-3-11-17-24(22,19-12-6-4-7-13-19)20-14-8-5-9-15-20/h4-9,11-15,17H,2-3,10,16H2,1H3/b17-11+. The van der Waals surface area contributed by atoms with Gasteiger partial charge in [0, 0.05) is 17.5 Å². The lowest BCUT2D eigenvalue weighted by Gasteiger charge is -2.15. The van der Waals surface area contributed by atoms with Crippen LogP contribution >= 0.6 is 7.14 Å². The average Bonchev–Trinajstić information content (AvgIpc) is 2.62. The fraction of sp³-hybridized carbons (Fsp3) is 0.250. The molecule has 2 aromatic carbocycles. The lowest BCUT2D eigenvalue weighted by molar-refractivity contribution is -0.141. The SMILES string of the molecule is CC(=O)OCCCC/C=C/P(=O)(c1ccccc1)c1ccccc1. The van der Waals surface area contributed by atoms with E-state index in [0.717, 1.165) is 29.9 Å². The maximum atomic E-state index is 13.6. The molecular formula is C20H23O3P. The van der Waals surface area contributed by atoms with Gasteiger partial charge in [-0.05, 0) is 25.1 Å². The molecule has 0 bridgehead atoms. The molecule has 0 aliphatic carbocycles. The Kier molecular flexibility index (Phi) is 7.02. The number of allylic oxidation sites excluding steroid dienone is 1. The molecule has 0 fully saturated rings. The summed E-state index contributed by atoms with van der Waals surface area (Å²) in [5, 5.41) is 1.68. The van der Waals surface area contributed by atoms with Crippen molar-refractivity contribution >= 4 is 23.7 Å². The molecule has 0 saturated carbocycles. The zero-order valence-corrected chi connectivity index (χ0v) is 14.8. The Morgan fingerprint density at radius 2 is 1.50 bits per heavy atom. The van der Waals surface area contributed by atoms with E-state index in [0.29, 0.717) is 6.61 Å². The van der Waals surface area contributed by atoms with Gasteiger partial charge in [-0.3, -0.25) is 4.79 Å². The molecule has 2 rings (SSSR count). The Labute approximate surface area is 143 Å². The van der Waals surface area contributed by atoms with Crippen LogP contribution in [0.5, 0.6) is 0 Å². The highest BCUT2D eigenvalue weighted by Crippen LogP contribution is 2.44. The van der Waals surface area contributed by atoms with Gasteiger partial charge in [0.15, 0.2) is 7.14 Å². The van der Waals surface area contributed by atoms with Gasteiger partial charge in [0.1, 0.15) is 0 Å². The fourth-order valence-electron chi connectivity index (χ4n) is 2.42. The van der Waals surface area contributed by atoms with E-state index in [4.69, 9.17) is 4.74 Å². The van der Waals surface area contributed by atoms with Crippen molar-refractivity contribution in [2.75, 3.05) is 6.61 Å². The maximum absolute atomic E-state index is 13.6. The summed E-state index contributed by atoms with van der Waals surface area (Å²) in [6.07, 6.45) is 4.50. The summed E-state index contributed by atoms with van der Waals surface area (Å²) in [4.78, 5) is 10.7. The van der Waals surface area contributed by atoms with Crippen molar-refractivity contribution in [1.29, 1.82) is 0 Å². The monoisotopic (exact) mass is 342 g/mol. The summed E-state index contributed by atoms with van der Waals surface area (Å²) in [6.45, 7) is 1.86. The number of esters is 1. The third kappa shape index (κ3) is 5.21. The van der Waals surface area contributed by atoms with Gasteiger partial charge in [0.05, 0.1) is 6.61 Å². The first-order chi connectivity index (χ1) is 11.6. The summed E-state index contributed by atoms with van der Waals surface area (Å²) >= 11 is 0. The molecule has 126 valence electrons. The lowest BCUT2D eigenvalue weighted by Crippen LogP contribution is -2.13. The number of benzene rings is 2. The van der Waals surface area contributed by atoms with Crippen molar-refractivity contribution < 1.29 is 14.1 Å². The molecule has 0 amide bonds. The fourth-order valence-corrected chi connectivity index (χ4v) is 4.74. The Morgan fingerprint density at radius 1 is 0.958 bits per heavy atom. The van der Waals surface area contributed by atoms with Gasteiger partial charge in [-0.15, -0.1) is 0 Å². The highest BCUT2D eigenvalue weighted by Gasteiger charge is 2.23. The lowest BCUT2D eigenvalue weighted by atomic mass is 10.2. The highest BCUT2D eigenvalue weighted by atomic mass is 31.2. The smallest absolute Gasteiger partial charge is 0.302 e. The molecule has 0 N–H and O–H groups in total. The summed E-state index contributed by atoms with van der Waals surface area (Å²) in [5.74, 6) is 1.60. The average molecular weight is 342 g/mol. The van der Waals surface area contributed by atoms with Crippen molar-refractivity contribution in [2.24, 2.45) is 0 Å². The summed E-state index contributed by atoms with van der Waals surface area (Å²) < 4.78 is 18.5. The van der Waals surface area contributed by atoms with Gasteiger partial charge in [-0.1, -0.05) is 66.7 Å². The molecule has 3 nitrogen and oxygen atoms in total. The van der Waals surface area contributed by atoms with Crippen molar-refractivity contribution in [1.82, 2.24) is 0 Å². The van der Waals surface area contributed by atoms with Gasteiger partial charge in [-0.25, -0.2) is 0 Å². The van der Waals surface area contributed by atoms with E-state index in [2.05, 4.69) is 0 Å². The number of carbonyl (C=O) groups excluding carboxylic acids is 1. The maximum Gasteiger partial charge on any atom is 0.302 e. The van der Waals surface area contributed by atoms with Crippen molar-refractivity contribution in [3.05, 3.63) is 72.6 Å². The normalized spacial score (nSPS) is 11.5. The van der Waals surface area contributed by atoms with E-state index in [1.54, 1.807) is 0 Å². The molecule has 0 atom stereocenters. The minimum absolute atomic E-state index is 0.247. The zero-order chi connectivity index (χ0) is 17.3. The number of rotatable bonds is 8. The third-order valence-corrected chi connectivity index (χ3v) is 6.43. The Hall–Kier alpha value is -2.12. The van der Waals surface area contributed by atoms with Crippen molar-refractivity contribution in [2.45, 2.75) is 26.2 Å². The number of hydrogen-bond donors (Lipinski definition) is 0. The molecule has 0 spiro atoms. The Morgan fingerprint density at radius 3 is 2.00 bits per heavy atom. The number of ether oxygens (including phenoxy) is 1. The van der Waals surface area contributed by atoms with Gasteiger partial charge in [-0.2, -0.15) is 0 Å². The second kappa shape index (κ2) is 9.24. The molecule has 0 aromatic heterocycles. The van der Waals surface area contributed by atoms with Crippen LogP contribution in [0.15, 0.2) is 72.6 Å². The van der Waals surface area contributed by atoms with Crippen LogP contribution < -0.4 is 10.6 Å². The van der Waals surface area contributed by atoms with Crippen LogP contribution in [0.25, 0.3) is 0 Å².